The molecule has 0 saturated carbocycles. The van der Waals surface area contributed by atoms with Crippen molar-refractivity contribution in [2.45, 2.75) is 33.1 Å². The molecule has 1 rings (SSSR count). The molecule has 0 radical (unpaired) electrons. The number of rotatable bonds is 7. The van der Waals surface area contributed by atoms with Gasteiger partial charge in [0.05, 0.1) is 6.42 Å². The Balaban J connectivity index is 2.70. The van der Waals surface area contributed by atoms with Crippen LogP contribution in [0.5, 0.6) is 0 Å². The number of nitrogens with zero attached hydrogens (tertiary/aromatic N) is 1. The summed E-state index contributed by atoms with van der Waals surface area (Å²) >= 11 is 0. The van der Waals surface area contributed by atoms with Crippen molar-refractivity contribution in [1.82, 2.24) is 4.90 Å². The number of nitrogens with one attached hydrogen (secondary N) is 1. The largest absolute Gasteiger partial charge is 0.481 e. The van der Waals surface area contributed by atoms with Crippen LogP contribution >= 0.6 is 0 Å². The quantitative estimate of drug-likeness (QED) is 0.805. The van der Waals surface area contributed by atoms with Gasteiger partial charge < -0.3 is 15.3 Å². The van der Waals surface area contributed by atoms with Gasteiger partial charge >= 0.3 is 12.0 Å². The minimum atomic E-state index is -0.882. The Morgan fingerprint density at radius 1 is 1.20 bits per heavy atom. The molecule has 0 aliphatic heterocycles. The molecule has 110 valence electrons. The van der Waals surface area contributed by atoms with Crippen LogP contribution in [0.2, 0.25) is 0 Å². The molecule has 1 aromatic carbocycles. The molecule has 0 spiro atoms. The van der Waals surface area contributed by atoms with Crippen LogP contribution in [0.1, 0.15) is 32.3 Å². The van der Waals surface area contributed by atoms with Crippen LogP contribution < -0.4 is 5.32 Å². The molecule has 5 nitrogen and oxygen atoms in total. The number of anilines is 1. The summed E-state index contributed by atoms with van der Waals surface area (Å²) in [5, 5.41) is 11.6. The predicted molar refractivity (Wildman–Crippen MR) is 79.0 cm³/mol. The Hall–Kier alpha value is -2.04. The number of carbonyl (C=O) groups is 2. The lowest BCUT2D eigenvalue weighted by Crippen LogP contribution is -2.36. The molecule has 2 N–H and O–H groups in total. The fraction of sp³-hybridized carbons (Fsp3) is 0.467. The normalized spacial score (nSPS) is 10.1. The van der Waals surface area contributed by atoms with Gasteiger partial charge in [0.25, 0.3) is 0 Å². The Labute approximate surface area is 119 Å². The first-order valence-electron chi connectivity index (χ1n) is 6.93. The van der Waals surface area contributed by atoms with E-state index < -0.39 is 5.97 Å². The van der Waals surface area contributed by atoms with Crippen molar-refractivity contribution in [3.63, 3.8) is 0 Å². The topological polar surface area (TPSA) is 69.6 Å². The van der Waals surface area contributed by atoms with E-state index in [0.29, 0.717) is 24.3 Å². The zero-order valence-corrected chi connectivity index (χ0v) is 12.1. The second-order valence-corrected chi connectivity index (χ2v) is 4.69. The molecular formula is C15H22N2O3. The molecule has 0 fully saturated rings. The summed E-state index contributed by atoms with van der Waals surface area (Å²) in [6.07, 6.45) is 1.77. The zero-order valence-electron chi connectivity index (χ0n) is 12.1. The molecule has 1 aromatic rings. The summed E-state index contributed by atoms with van der Waals surface area (Å²) in [6, 6.07) is 6.81. The average Bonchev–Trinajstić information content (AvgIpc) is 2.38. The molecule has 0 heterocycles. The zero-order chi connectivity index (χ0) is 15.0. The van der Waals surface area contributed by atoms with Gasteiger partial charge in [0, 0.05) is 18.8 Å². The second-order valence-electron chi connectivity index (χ2n) is 4.69. The van der Waals surface area contributed by atoms with Crippen LogP contribution in [0.15, 0.2) is 24.3 Å². The monoisotopic (exact) mass is 278 g/mol. The molecule has 2 amide bonds. The van der Waals surface area contributed by atoms with Crippen molar-refractivity contribution >= 4 is 17.7 Å². The van der Waals surface area contributed by atoms with E-state index in [4.69, 9.17) is 5.11 Å². The highest BCUT2D eigenvalue weighted by atomic mass is 16.4. The number of aliphatic carboxylic acids is 1. The van der Waals surface area contributed by atoms with E-state index >= 15 is 0 Å². The van der Waals surface area contributed by atoms with E-state index in [-0.39, 0.29) is 12.5 Å². The van der Waals surface area contributed by atoms with E-state index in [1.807, 2.05) is 13.8 Å². The van der Waals surface area contributed by atoms with E-state index in [0.717, 1.165) is 12.8 Å². The van der Waals surface area contributed by atoms with Gasteiger partial charge in [-0.25, -0.2) is 4.79 Å². The van der Waals surface area contributed by atoms with Gasteiger partial charge in [-0.2, -0.15) is 0 Å². The van der Waals surface area contributed by atoms with Crippen molar-refractivity contribution in [1.29, 1.82) is 0 Å². The maximum atomic E-state index is 12.1. The summed E-state index contributed by atoms with van der Waals surface area (Å²) < 4.78 is 0. The Kier molecular flexibility index (Phi) is 6.56. The van der Waals surface area contributed by atoms with Gasteiger partial charge in [0.15, 0.2) is 0 Å². The number of urea groups is 1. The van der Waals surface area contributed by atoms with Crippen molar-refractivity contribution in [2.24, 2.45) is 0 Å². The summed E-state index contributed by atoms with van der Waals surface area (Å²) in [5.74, 6) is -0.882. The van der Waals surface area contributed by atoms with Crippen LogP contribution in [0.3, 0.4) is 0 Å². The molecule has 0 atom stereocenters. The van der Waals surface area contributed by atoms with Crippen molar-refractivity contribution in [2.75, 3.05) is 18.4 Å². The van der Waals surface area contributed by atoms with Gasteiger partial charge in [-0.15, -0.1) is 0 Å². The van der Waals surface area contributed by atoms with E-state index in [1.165, 1.54) is 0 Å². The highest BCUT2D eigenvalue weighted by molar-refractivity contribution is 5.89. The molecule has 0 unspecified atom stereocenters. The Morgan fingerprint density at radius 3 is 2.40 bits per heavy atom. The number of carboxylic acids is 1. The summed E-state index contributed by atoms with van der Waals surface area (Å²) in [4.78, 5) is 24.6. The minimum absolute atomic E-state index is 0.0443. The van der Waals surface area contributed by atoms with E-state index in [1.54, 1.807) is 29.2 Å². The molecule has 0 aromatic heterocycles. The van der Waals surface area contributed by atoms with Gasteiger partial charge in [0.2, 0.25) is 0 Å². The maximum absolute atomic E-state index is 12.1. The second kappa shape index (κ2) is 8.19. The summed E-state index contributed by atoms with van der Waals surface area (Å²) in [6.45, 7) is 5.50. The molecule has 0 bridgehead atoms. The highest BCUT2D eigenvalue weighted by Crippen LogP contribution is 2.12. The lowest BCUT2D eigenvalue weighted by atomic mass is 10.1. The average molecular weight is 278 g/mol. The van der Waals surface area contributed by atoms with Gasteiger partial charge in [-0.1, -0.05) is 26.0 Å². The van der Waals surface area contributed by atoms with E-state index in [2.05, 4.69) is 5.32 Å². The lowest BCUT2D eigenvalue weighted by Gasteiger charge is -2.22. The van der Waals surface area contributed by atoms with Crippen LogP contribution in [0.4, 0.5) is 10.5 Å². The van der Waals surface area contributed by atoms with Crippen LogP contribution in [-0.2, 0) is 11.2 Å². The third-order valence-electron chi connectivity index (χ3n) is 2.81. The van der Waals surface area contributed by atoms with Crippen LogP contribution in [0, 0.1) is 0 Å². The standard InChI is InChI=1S/C15H22N2O3/c1-3-8-17(9-4-2)15(20)16-13-7-5-6-12(10-13)11-14(18)19/h5-7,10H,3-4,8-9,11H2,1-2H3,(H,16,20)(H,18,19). The predicted octanol–water partition coefficient (Wildman–Crippen LogP) is 2.97. The van der Waals surface area contributed by atoms with Crippen molar-refractivity contribution in [3.8, 4) is 0 Å². The van der Waals surface area contributed by atoms with Gasteiger partial charge in [-0.3, -0.25) is 4.79 Å². The smallest absolute Gasteiger partial charge is 0.321 e. The number of amides is 2. The minimum Gasteiger partial charge on any atom is -0.481 e. The van der Waals surface area contributed by atoms with E-state index in [9.17, 15) is 9.59 Å². The third-order valence-corrected chi connectivity index (χ3v) is 2.81. The molecule has 0 aliphatic rings. The molecule has 0 saturated heterocycles. The maximum Gasteiger partial charge on any atom is 0.321 e. The van der Waals surface area contributed by atoms with Crippen LogP contribution in [0.25, 0.3) is 0 Å². The number of benzene rings is 1. The first-order valence-corrected chi connectivity index (χ1v) is 6.93. The van der Waals surface area contributed by atoms with Gasteiger partial charge in [-0.05, 0) is 30.5 Å². The highest BCUT2D eigenvalue weighted by Gasteiger charge is 2.12. The summed E-state index contributed by atoms with van der Waals surface area (Å²) in [7, 11) is 0. The first kappa shape index (κ1) is 16.0. The molecule has 0 aliphatic carbocycles. The SMILES string of the molecule is CCCN(CCC)C(=O)Nc1cccc(CC(=O)O)c1. The fourth-order valence-electron chi connectivity index (χ4n) is 1.99. The number of hydrogen-bond donors (Lipinski definition) is 2. The lowest BCUT2D eigenvalue weighted by molar-refractivity contribution is -0.136. The fourth-order valence-corrected chi connectivity index (χ4v) is 1.99. The van der Waals surface area contributed by atoms with Crippen LogP contribution in [-0.4, -0.2) is 35.1 Å². The number of carbonyl (C=O) groups excluding carboxylic acids is 1. The van der Waals surface area contributed by atoms with Crippen molar-refractivity contribution in [3.05, 3.63) is 29.8 Å². The van der Waals surface area contributed by atoms with Crippen molar-refractivity contribution < 1.29 is 14.7 Å². The number of carboxylic acid groups (broad SMARTS) is 1. The molecule has 20 heavy (non-hydrogen) atoms. The Bertz CT molecular complexity index is 454. The number of hydrogen-bond acceptors (Lipinski definition) is 2. The first-order chi connectivity index (χ1) is 9.56. The third kappa shape index (κ3) is 5.30. The van der Waals surface area contributed by atoms with Gasteiger partial charge in [0.1, 0.15) is 0 Å². The summed E-state index contributed by atoms with van der Waals surface area (Å²) in [5.41, 5.74) is 1.30. The Morgan fingerprint density at radius 2 is 1.85 bits per heavy atom. The molecular weight excluding hydrogens is 256 g/mol. The molecule has 5 heteroatoms.